The summed E-state index contributed by atoms with van der Waals surface area (Å²) in [5.74, 6) is 0. The first-order valence-electron chi connectivity index (χ1n) is 4.15. The van der Waals surface area contributed by atoms with Gasteiger partial charge in [-0.25, -0.2) is 5.10 Å². The summed E-state index contributed by atoms with van der Waals surface area (Å²) in [4.78, 5) is 11.3. The lowest BCUT2D eigenvalue weighted by Gasteiger charge is -2.08. The topological polar surface area (TPSA) is 45.8 Å². The zero-order valence-electron chi connectivity index (χ0n) is 7.60. The number of halogens is 4. The van der Waals surface area contributed by atoms with E-state index in [1.165, 1.54) is 18.2 Å². The summed E-state index contributed by atoms with van der Waals surface area (Å²) in [5, 5.41) is 4.61. The zero-order valence-corrected chi connectivity index (χ0v) is 9.19. The van der Waals surface area contributed by atoms with Crippen molar-refractivity contribution < 1.29 is 13.2 Å². The van der Waals surface area contributed by atoms with E-state index in [1.807, 2.05) is 5.10 Å². The lowest BCUT2D eigenvalue weighted by molar-refractivity contribution is -0.140. The van der Waals surface area contributed by atoms with Gasteiger partial charge in [-0.2, -0.15) is 18.3 Å². The number of aromatic amines is 1. The van der Waals surface area contributed by atoms with Crippen LogP contribution in [0.3, 0.4) is 0 Å². The molecule has 0 unspecified atom stereocenters. The molecule has 0 saturated heterocycles. The van der Waals surface area contributed by atoms with Crippen molar-refractivity contribution in [3.8, 4) is 0 Å². The Morgan fingerprint density at radius 1 is 1.25 bits per heavy atom. The second-order valence-corrected chi connectivity index (χ2v) is 4.00. The van der Waals surface area contributed by atoms with E-state index in [4.69, 9.17) is 0 Å². The molecular formula is C9H4BrF3N2O. The molecule has 1 N–H and O–H groups in total. The molecule has 0 atom stereocenters. The Kier molecular flexibility index (Phi) is 2.49. The fourth-order valence-corrected chi connectivity index (χ4v) is 1.71. The maximum absolute atomic E-state index is 12.6. The van der Waals surface area contributed by atoms with Crippen molar-refractivity contribution in [2.24, 2.45) is 0 Å². The first kappa shape index (κ1) is 11.1. The summed E-state index contributed by atoms with van der Waals surface area (Å²) in [5.41, 5.74) is -1.74. The molecule has 16 heavy (non-hydrogen) atoms. The Morgan fingerprint density at radius 3 is 2.56 bits per heavy atom. The molecule has 0 amide bonds. The van der Waals surface area contributed by atoms with Crippen LogP contribution in [-0.4, -0.2) is 10.2 Å². The average molecular weight is 293 g/mol. The number of hydrogen-bond donors (Lipinski definition) is 1. The van der Waals surface area contributed by atoms with Crippen LogP contribution in [-0.2, 0) is 6.18 Å². The molecule has 7 heteroatoms. The highest BCUT2D eigenvalue weighted by atomic mass is 79.9. The van der Waals surface area contributed by atoms with Gasteiger partial charge in [0.05, 0.1) is 5.39 Å². The van der Waals surface area contributed by atoms with Crippen LogP contribution in [0.25, 0.3) is 10.8 Å². The smallest absolute Gasteiger partial charge is 0.267 e. The molecule has 0 aliphatic heterocycles. The molecule has 2 aromatic rings. The lowest BCUT2D eigenvalue weighted by atomic mass is 10.1. The van der Waals surface area contributed by atoms with Crippen molar-refractivity contribution in [1.82, 2.24) is 10.2 Å². The molecule has 0 aliphatic rings. The minimum atomic E-state index is -4.59. The molecule has 84 valence electrons. The van der Waals surface area contributed by atoms with E-state index < -0.39 is 17.4 Å². The summed E-state index contributed by atoms with van der Waals surface area (Å²) in [7, 11) is 0. The van der Waals surface area contributed by atoms with Gasteiger partial charge in [0.1, 0.15) is 0 Å². The van der Waals surface area contributed by atoms with Gasteiger partial charge in [0.15, 0.2) is 5.69 Å². The zero-order chi connectivity index (χ0) is 11.9. The van der Waals surface area contributed by atoms with Crippen LogP contribution in [0.15, 0.2) is 27.5 Å². The second kappa shape index (κ2) is 3.58. The number of nitrogens with one attached hydrogen (secondary N) is 1. The Balaban J connectivity index is 2.92. The number of benzene rings is 1. The van der Waals surface area contributed by atoms with Crippen LogP contribution < -0.4 is 5.56 Å². The first-order valence-corrected chi connectivity index (χ1v) is 4.94. The summed E-state index contributed by atoms with van der Waals surface area (Å²) < 4.78 is 38.2. The van der Waals surface area contributed by atoms with E-state index in [2.05, 4.69) is 21.0 Å². The van der Waals surface area contributed by atoms with Gasteiger partial charge in [0.2, 0.25) is 0 Å². The number of alkyl halides is 3. The summed E-state index contributed by atoms with van der Waals surface area (Å²) in [6, 6.07) is 4.04. The molecule has 1 aromatic heterocycles. The van der Waals surface area contributed by atoms with Gasteiger partial charge in [0, 0.05) is 9.86 Å². The molecule has 0 bridgehead atoms. The molecule has 3 nitrogen and oxygen atoms in total. The molecule has 1 heterocycles. The molecular weight excluding hydrogens is 289 g/mol. The van der Waals surface area contributed by atoms with E-state index >= 15 is 0 Å². The Morgan fingerprint density at radius 2 is 1.94 bits per heavy atom. The van der Waals surface area contributed by atoms with Crippen molar-refractivity contribution in [2.75, 3.05) is 0 Å². The number of aromatic nitrogens is 2. The highest BCUT2D eigenvalue weighted by Gasteiger charge is 2.35. The van der Waals surface area contributed by atoms with Crippen molar-refractivity contribution in [1.29, 1.82) is 0 Å². The molecule has 0 spiro atoms. The maximum Gasteiger partial charge on any atom is 0.435 e. The third-order valence-corrected chi connectivity index (χ3v) is 2.51. The molecule has 0 aliphatic carbocycles. The number of rotatable bonds is 0. The van der Waals surface area contributed by atoms with Gasteiger partial charge in [-0.15, -0.1) is 0 Å². The fraction of sp³-hybridized carbons (Fsp3) is 0.111. The maximum atomic E-state index is 12.6. The number of fused-ring (bicyclic) bond motifs is 1. The van der Waals surface area contributed by atoms with Gasteiger partial charge in [-0.3, -0.25) is 4.79 Å². The van der Waals surface area contributed by atoms with Crippen LogP contribution in [0.2, 0.25) is 0 Å². The third kappa shape index (κ3) is 1.82. The van der Waals surface area contributed by atoms with E-state index in [1.54, 1.807) is 0 Å². The summed E-state index contributed by atoms with van der Waals surface area (Å²) >= 11 is 3.05. The SMILES string of the molecule is O=c1[nH]nc(C(F)(F)F)c2cc(Br)ccc12. The molecule has 2 rings (SSSR count). The van der Waals surface area contributed by atoms with E-state index in [-0.39, 0.29) is 10.8 Å². The minimum absolute atomic E-state index is 0.0366. The van der Waals surface area contributed by atoms with Crippen LogP contribution in [0.5, 0.6) is 0 Å². The Bertz CT molecular complexity index is 606. The average Bonchev–Trinajstić information content (AvgIpc) is 2.15. The van der Waals surface area contributed by atoms with Gasteiger partial charge in [-0.1, -0.05) is 15.9 Å². The fourth-order valence-electron chi connectivity index (χ4n) is 1.35. The quantitative estimate of drug-likeness (QED) is 0.811. The first-order chi connectivity index (χ1) is 7.39. The van der Waals surface area contributed by atoms with Gasteiger partial charge in [0.25, 0.3) is 5.56 Å². The Hall–Kier alpha value is -1.37. The molecule has 0 saturated carbocycles. The van der Waals surface area contributed by atoms with Crippen molar-refractivity contribution in [3.05, 3.63) is 38.7 Å². The monoisotopic (exact) mass is 292 g/mol. The molecule has 0 radical (unpaired) electrons. The normalized spacial score (nSPS) is 12.0. The molecule has 0 fully saturated rings. The lowest BCUT2D eigenvalue weighted by Crippen LogP contribution is -2.17. The molecule has 1 aromatic carbocycles. The largest absolute Gasteiger partial charge is 0.435 e. The predicted molar refractivity (Wildman–Crippen MR) is 55.1 cm³/mol. The van der Waals surface area contributed by atoms with E-state index in [0.717, 1.165) is 0 Å². The highest BCUT2D eigenvalue weighted by molar-refractivity contribution is 9.10. The predicted octanol–water partition coefficient (Wildman–Crippen LogP) is 2.70. The number of H-pyrrole nitrogens is 1. The van der Waals surface area contributed by atoms with Crippen molar-refractivity contribution in [2.45, 2.75) is 6.18 Å². The van der Waals surface area contributed by atoms with Gasteiger partial charge >= 0.3 is 6.18 Å². The number of nitrogens with zero attached hydrogens (tertiary/aromatic N) is 1. The standard InChI is InChI=1S/C9H4BrF3N2O/c10-4-1-2-5-6(3-4)7(9(11,12)13)14-15-8(5)16/h1-3H,(H,15,16). The van der Waals surface area contributed by atoms with E-state index in [0.29, 0.717) is 4.47 Å². The Labute approximate surface area is 95.4 Å². The van der Waals surface area contributed by atoms with Gasteiger partial charge in [-0.05, 0) is 18.2 Å². The summed E-state index contributed by atoms with van der Waals surface area (Å²) in [6.45, 7) is 0. The van der Waals surface area contributed by atoms with Gasteiger partial charge < -0.3 is 0 Å². The van der Waals surface area contributed by atoms with Crippen LogP contribution in [0, 0.1) is 0 Å². The minimum Gasteiger partial charge on any atom is -0.267 e. The van der Waals surface area contributed by atoms with Crippen molar-refractivity contribution >= 4 is 26.7 Å². The van der Waals surface area contributed by atoms with Crippen LogP contribution in [0.4, 0.5) is 13.2 Å². The van der Waals surface area contributed by atoms with E-state index in [9.17, 15) is 18.0 Å². The summed E-state index contributed by atoms with van der Waals surface area (Å²) in [6.07, 6.45) is -4.59. The van der Waals surface area contributed by atoms with Crippen LogP contribution >= 0.6 is 15.9 Å². The number of hydrogen-bond acceptors (Lipinski definition) is 2. The second-order valence-electron chi connectivity index (χ2n) is 3.09. The van der Waals surface area contributed by atoms with Crippen molar-refractivity contribution in [3.63, 3.8) is 0 Å². The highest BCUT2D eigenvalue weighted by Crippen LogP contribution is 2.32. The third-order valence-electron chi connectivity index (χ3n) is 2.02. The van der Waals surface area contributed by atoms with Crippen LogP contribution in [0.1, 0.15) is 5.69 Å².